The Morgan fingerprint density at radius 2 is 1.52 bits per heavy atom. The molecule has 8 nitrogen and oxygen atoms in total. The molecule has 1 aromatic carbocycles. The van der Waals surface area contributed by atoms with Gasteiger partial charge in [-0.25, -0.2) is 4.98 Å². The summed E-state index contributed by atoms with van der Waals surface area (Å²) in [6.07, 6.45) is 1.79. The van der Waals surface area contributed by atoms with E-state index in [1.807, 2.05) is 11.0 Å². The van der Waals surface area contributed by atoms with E-state index in [0.29, 0.717) is 37.4 Å². The van der Waals surface area contributed by atoms with Gasteiger partial charge in [0.2, 0.25) is 5.95 Å². The number of morpholine rings is 1. The van der Waals surface area contributed by atoms with Gasteiger partial charge in [-0.05, 0) is 25.1 Å². The molecule has 0 N–H and O–H groups in total. The standard InChI is InChI=1S/C21H25N5O3/c1-16(27)17-2-4-18(5-3-17)20(28)25-10-8-24(9-11-25)19-6-7-22-21(23-19)26-12-14-29-15-13-26/h2-7H,8-15H2,1H3. The lowest BCUT2D eigenvalue weighted by atomic mass is 10.1. The molecule has 2 saturated heterocycles. The molecule has 0 atom stereocenters. The van der Waals surface area contributed by atoms with E-state index in [1.165, 1.54) is 6.92 Å². The van der Waals surface area contributed by atoms with Gasteiger partial charge < -0.3 is 19.4 Å². The molecule has 0 radical (unpaired) electrons. The van der Waals surface area contributed by atoms with Gasteiger partial charge in [-0.2, -0.15) is 4.98 Å². The second kappa shape index (κ2) is 8.57. The fourth-order valence-corrected chi connectivity index (χ4v) is 3.60. The van der Waals surface area contributed by atoms with E-state index in [2.05, 4.69) is 14.8 Å². The summed E-state index contributed by atoms with van der Waals surface area (Å²) in [5.74, 6) is 1.62. The van der Waals surface area contributed by atoms with Gasteiger partial charge in [0.1, 0.15) is 5.82 Å². The van der Waals surface area contributed by atoms with Crippen molar-refractivity contribution < 1.29 is 14.3 Å². The zero-order valence-corrected chi connectivity index (χ0v) is 16.6. The first-order chi connectivity index (χ1) is 14.1. The third-order valence-corrected chi connectivity index (χ3v) is 5.35. The number of hydrogen-bond donors (Lipinski definition) is 0. The van der Waals surface area contributed by atoms with Gasteiger partial charge in [-0.1, -0.05) is 12.1 Å². The van der Waals surface area contributed by atoms with Crippen molar-refractivity contribution in [3.63, 3.8) is 0 Å². The van der Waals surface area contributed by atoms with Gasteiger partial charge >= 0.3 is 0 Å². The number of benzene rings is 1. The molecule has 8 heteroatoms. The van der Waals surface area contributed by atoms with Crippen LogP contribution in [0.4, 0.5) is 11.8 Å². The van der Waals surface area contributed by atoms with Crippen molar-refractivity contribution in [2.75, 3.05) is 62.3 Å². The molecule has 0 saturated carbocycles. The second-order valence-corrected chi connectivity index (χ2v) is 7.23. The van der Waals surface area contributed by atoms with Crippen LogP contribution < -0.4 is 9.80 Å². The molecule has 0 spiro atoms. The van der Waals surface area contributed by atoms with Crippen molar-refractivity contribution in [2.45, 2.75) is 6.92 Å². The number of carbonyl (C=O) groups excluding carboxylic acids is 2. The van der Waals surface area contributed by atoms with Crippen molar-refractivity contribution in [1.82, 2.24) is 14.9 Å². The number of ketones is 1. The van der Waals surface area contributed by atoms with Gasteiger partial charge in [0, 0.05) is 56.6 Å². The maximum Gasteiger partial charge on any atom is 0.253 e. The maximum atomic E-state index is 12.8. The van der Waals surface area contributed by atoms with E-state index in [1.54, 1.807) is 30.5 Å². The Hall–Kier alpha value is -3.00. The number of amides is 1. The smallest absolute Gasteiger partial charge is 0.253 e. The molecule has 152 valence electrons. The lowest BCUT2D eigenvalue weighted by molar-refractivity contribution is 0.0746. The number of ether oxygens (including phenoxy) is 1. The van der Waals surface area contributed by atoms with Gasteiger partial charge in [-0.3, -0.25) is 9.59 Å². The third kappa shape index (κ3) is 4.37. The van der Waals surface area contributed by atoms with Crippen molar-refractivity contribution in [2.24, 2.45) is 0 Å². The van der Waals surface area contributed by atoms with Crippen molar-refractivity contribution in [1.29, 1.82) is 0 Å². The topological polar surface area (TPSA) is 78.9 Å². The summed E-state index contributed by atoms with van der Waals surface area (Å²) in [4.78, 5) is 39.5. The number of piperazine rings is 1. The fourth-order valence-electron chi connectivity index (χ4n) is 3.60. The highest BCUT2D eigenvalue weighted by molar-refractivity contribution is 5.97. The minimum absolute atomic E-state index is 0.00101. The van der Waals surface area contributed by atoms with Crippen LogP contribution in [-0.4, -0.2) is 79.0 Å². The van der Waals surface area contributed by atoms with Crippen LogP contribution in [0.1, 0.15) is 27.6 Å². The zero-order chi connectivity index (χ0) is 20.2. The minimum Gasteiger partial charge on any atom is -0.378 e. The molecular formula is C21H25N5O3. The van der Waals surface area contributed by atoms with E-state index in [0.717, 1.165) is 37.9 Å². The molecule has 2 fully saturated rings. The zero-order valence-electron chi connectivity index (χ0n) is 16.6. The molecule has 1 aromatic heterocycles. The first-order valence-corrected chi connectivity index (χ1v) is 9.93. The monoisotopic (exact) mass is 395 g/mol. The van der Waals surface area contributed by atoms with Crippen LogP contribution >= 0.6 is 0 Å². The fraction of sp³-hybridized carbons (Fsp3) is 0.429. The summed E-state index contributed by atoms with van der Waals surface area (Å²) in [7, 11) is 0. The van der Waals surface area contributed by atoms with Crippen molar-refractivity contribution in [3.8, 4) is 0 Å². The van der Waals surface area contributed by atoms with Gasteiger partial charge in [0.05, 0.1) is 13.2 Å². The van der Waals surface area contributed by atoms with Crippen molar-refractivity contribution in [3.05, 3.63) is 47.7 Å². The Morgan fingerprint density at radius 3 is 2.17 bits per heavy atom. The van der Waals surface area contributed by atoms with Gasteiger partial charge in [0.25, 0.3) is 5.91 Å². The molecule has 2 aliphatic heterocycles. The Labute approximate surface area is 170 Å². The van der Waals surface area contributed by atoms with Crippen LogP contribution in [0, 0.1) is 0 Å². The average molecular weight is 395 g/mol. The van der Waals surface area contributed by atoms with Crippen LogP contribution in [0.3, 0.4) is 0 Å². The predicted molar refractivity (Wildman–Crippen MR) is 110 cm³/mol. The molecule has 3 heterocycles. The number of rotatable bonds is 4. The van der Waals surface area contributed by atoms with E-state index in [-0.39, 0.29) is 11.7 Å². The molecule has 4 rings (SSSR count). The Balaban J connectivity index is 1.37. The number of hydrogen-bond acceptors (Lipinski definition) is 7. The van der Waals surface area contributed by atoms with E-state index in [4.69, 9.17) is 9.72 Å². The molecule has 2 aliphatic rings. The third-order valence-electron chi connectivity index (χ3n) is 5.35. The van der Waals surface area contributed by atoms with Gasteiger partial charge in [-0.15, -0.1) is 0 Å². The normalized spacial score (nSPS) is 17.3. The number of nitrogens with zero attached hydrogens (tertiary/aromatic N) is 5. The second-order valence-electron chi connectivity index (χ2n) is 7.23. The van der Waals surface area contributed by atoms with E-state index < -0.39 is 0 Å². The number of Topliss-reactive ketones (excluding diaryl/α,β-unsaturated/α-hetero) is 1. The molecule has 0 bridgehead atoms. The first kappa shape index (κ1) is 19.3. The Morgan fingerprint density at radius 1 is 0.862 bits per heavy atom. The largest absolute Gasteiger partial charge is 0.378 e. The van der Waals surface area contributed by atoms with Crippen LogP contribution in [0.15, 0.2) is 36.5 Å². The van der Waals surface area contributed by atoms with Crippen molar-refractivity contribution >= 4 is 23.5 Å². The highest BCUT2D eigenvalue weighted by atomic mass is 16.5. The van der Waals surface area contributed by atoms with Gasteiger partial charge in [0.15, 0.2) is 5.78 Å². The first-order valence-electron chi connectivity index (χ1n) is 9.93. The highest BCUT2D eigenvalue weighted by Crippen LogP contribution is 2.18. The lowest BCUT2D eigenvalue weighted by Gasteiger charge is -2.36. The minimum atomic E-state index is -0.00329. The molecular weight excluding hydrogens is 370 g/mol. The molecule has 1 amide bonds. The van der Waals surface area contributed by atoms with Crippen LogP contribution in [0.5, 0.6) is 0 Å². The van der Waals surface area contributed by atoms with Crippen LogP contribution in [0.25, 0.3) is 0 Å². The molecule has 0 aliphatic carbocycles. The summed E-state index contributed by atoms with van der Waals surface area (Å²) in [5.41, 5.74) is 1.23. The highest BCUT2D eigenvalue weighted by Gasteiger charge is 2.24. The maximum absolute atomic E-state index is 12.8. The number of anilines is 2. The quantitative estimate of drug-likeness (QED) is 0.726. The predicted octanol–water partition coefficient (Wildman–Crippen LogP) is 1.48. The Bertz CT molecular complexity index is 872. The lowest BCUT2D eigenvalue weighted by Crippen LogP contribution is -2.49. The SMILES string of the molecule is CC(=O)c1ccc(C(=O)N2CCN(c3ccnc(N4CCOCC4)n3)CC2)cc1. The Kier molecular flexibility index (Phi) is 5.71. The summed E-state index contributed by atoms with van der Waals surface area (Å²) in [6, 6.07) is 8.79. The average Bonchev–Trinajstić information content (AvgIpc) is 2.79. The molecule has 29 heavy (non-hydrogen) atoms. The summed E-state index contributed by atoms with van der Waals surface area (Å²) < 4.78 is 5.39. The summed E-state index contributed by atoms with van der Waals surface area (Å²) in [5, 5.41) is 0. The number of aromatic nitrogens is 2. The van der Waals surface area contributed by atoms with Crippen LogP contribution in [0.2, 0.25) is 0 Å². The summed E-state index contributed by atoms with van der Waals surface area (Å²) >= 11 is 0. The molecule has 0 unspecified atom stereocenters. The van der Waals surface area contributed by atoms with Crippen LogP contribution in [-0.2, 0) is 4.74 Å². The summed E-state index contributed by atoms with van der Waals surface area (Å²) in [6.45, 7) is 7.21. The van der Waals surface area contributed by atoms with E-state index >= 15 is 0 Å². The van der Waals surface area contributed by atoms with E-state index in [9.17, 15) is 9.59 Å². The number of carbonyl (C=O) groups is 2. The molecule has 2 aromatic rings.